The lowest BCUT2D eigenvalue weighted by molar-refractivity contribution is 0.0676. The smallest absolute Gasteiger partial charge is 0.257 e. The molecule has 0 unspecified atom stereocenters. The van der Waals surface area contributed by atoms with Gasteiger partial charge in [-0.05, 0) is 25.0 Å². The van der Waals surface area contributed by atoms with Crippen molar-refractivity contribution >= 4 is 11.4 Å². The Morgan fingerprint density at radius 2 is 2.15 bits per heavy atom. The van der Waals surface area contributed by atoms with E-state index in [2.05, 4.69) is 18.9 Å². The van der Waals surface area contributed by atoms with Gasteiger partial charge in [-0.1, -0.05) is 19.9 Å². The van der Waals surface area contributed by atoms with Crippen LogP contribution in [-0.2, 0) is 0 Å². The number of nitrogens with two attached hydrogens (primary N) is 1. The van der Waals surface area contributed by atoms with Gasteiger partial charge in [-0.2, -0.15) is 5.10 Å². The van der Waals surface area contributed by atoms with Crippen LogP contribution in [-0.4, -0.2) is 39.6 Å². The number of carbonyl (C=O) groups excluding carboxylic acids is 1. The summed E-state index contributed by atoms with van der Waals surface area (Å²) in [5.74, 6) is 0.0188. The van der Waals surface area contributed by atoms with Crippen LogP contribution in [0.4, 0.5) is 0 Å². The molecule has 2 heterocycles. The van der Waals surface area contributed by atoms with Crippen LogP contribution in [0.3, 0.4) is 0 Å². The van der Waals surface area contributed by atoms with E-state index in [0.29, 0.717) is 18.7 Å². The van der Waals surface area contributed by atoms with Crippen LogP contribution in [0, 0.1) is 0 Å². The Balaban J connectivity index is 2.36. The number of fused-ring (bicyclic) bond motifs is 1. The first-order valence-electron chi connectivity index (χ1n) is 7.16. The van der Waals surface area contributed by atoms with Gasteiger partial charge in [0.1, 0.15) is 0 Å². The summed E-state index contributed by atoms with van der Waals surface area (Å²) in [5, 5.41) is 4.23. The van der Waals surface area contributed by atoms with Gasteiger partial charge in [-0.3, -0.25) is 4.79 Å². The predicted molar refractivity (Wildman–Crippen MR) is 79.7 cm³/mol. The van der Waals surface area contributed by atoms with Crippen LogP contribution >= 0.6 is 0 Å². The van der Waals surface area contributed by atoms with Gasteiger partial charge in [0, 0.05) is 25.3 Å². The summed E-state index contributed by atoms with van der Waals surface area (Å²) in [6, 6.07) is 5.95. The molecule has 1 amide bonds. The van der Waals surface area contributed by atoms with E-state index in [4.69, 9.17) is 5.73 Å². The second-order valence-electron chi connectivity index (χ2n) is 4.85. The first kappa shape index (κ1) is 14.5. The van der Waals surface area contributed by atoms with Crippen molar-refractivity contribution in [3.05, 3.63) is 36.2 Å². The minimum absolute atomic E-state index is 0.0188. The Bertz CT molecular complexity index is 574. The molecule has 20 heavy (non-hydrogen) atoms. The van der Waals surface area contributed by atoms with E-state index in [9.17, 15) is 4.79 Å². The number of rotatable bonds is 6. The summed E-state index contributed by atoms with van der Waals surface area (Å²) in [6.45, 7) is 5.25. The van der Waals surface area contributed by atoms with Gasteiger partial charge >= 0.3 is 0 Å². The van der Waals surface area contributed by atoms with Crippen molar-refractivity contribution in [3.8, 4) is 0 Å². The molecule has 0 fully saturated rings. The first-order valence-corrected chi connectivity index (χ1v) is 7.16. The maximum absolute atomic E-state index is 12.8. The van der Waals surface area contributed by atoms with Gasteiger partial charge in [0.2, 0.25) is 0 Å². The van der Waals surface area contributed by atoms with Crippen LogP contribution in [0.2, 0.25) is 0 Å². The third kappa shape index (κ3) is 2.67. The molecular formula is C15H22N4O. The molecule has 0 aliphatic rings. The molecule has 5 nitrogen and oxygen atoms in total. The van der Waals surface area contributed by atoms with Crippen LogP contribution in [0.5, 0.6) is 0 Å². The lowest BCUT2D eigenvalue weighted by Crippen LogP contribution is -2.42. The van der Waals surface area contributed by atoms with Crippen molar-refractivity contribution in [2.24, 2.45) is 5.73 Å². The van der Waals surface area contributed by atoms with Crippen molar-refractivity contribution in [1.82, 2.24) is 14.5 Å². The van der Waals surface area contributed by atoms with Gasteiger partial charge in [-0.15, -0.1) is 0 Å². The van der Waals surface area contributed by atoms with Crippen LogP contribution < -0.4 is 5.73 Å². The van der Waals surface area contributed by atoms with Gasteiger partial charge < -0.3 is 10.6 Å². The van der Waals surface area contributed by atoms with Crippen LogP contribution in [0.1, 0.15) is 37.0 Å². The highest BCUT2D eigenvalue weighted by Gasteiger charge is 2.24. The Morgan fingerprint density at radius 1 is 1.40 bits per heavy atom. The van der Waals surface area contributed by atoms with Crippen molar-refractivity contribution in [3.63, 3.8) is 0 Å². The highest BCUT2D eigenvalue weighted by atomic mass is 16.2. The molecule has 2 aromatic rings. The van der Waals surface area contributed by atoms with Gasteiger partial charge in [0.15, 0.2) is 0 Å². The minimum atomic E-state index is 0.0188. The summed E-state index contributed by atoms with van der Waals surface area (Å²) < 4.78 is 1.72. The van der Waals surface area contributed by atoms with E-state index in [1.54, 1.807) is 10.7 Å². The minimum Gasteiger partial charge on any atom is -0.334 e. The molecule has 0 atom stereocenters. The number of nitrogens with zero attached hydrogens (tertiary/aromatic N) is 3. The summed E-state index contributed by atoms with van der Waals surface area (Å²) >= 11 is 0. The summed E-state index contributed by atoms with van der Waals surface area (Å²) in [6.07, 6.45) is 5.35. The summed E-state index contributed by atoms with van der Waals surface area (Å²) in [7, 11) is 0. The third-order valence-electron chi connectivity index (χ3n) is 3.67. The van der Waals surface area contributed by atoms with E-state index < -0.39 is 0 Å². The number of amides is 1. The van der Waals surface area contributed by atoms with E-state index >= 15 is 0 Å². The van der Waals surface area contributed by atoms with Crippen LogP contribution in [0.25, 0.3) is 5.52 Å². The number of pyridine rings is 1. The second-order valence-corrected chi connectivity index (χ2v) is 4.85. The van der Waals surface area contributed by atoms with Gasteiger partial charge in [-0.25, -0.2) is 4.52 Å². The number of hydrogen-bond donors (Lipinski definition) is 1. The summed E-state index contributed by atoms with van der Waals surface area (Å²) in [4.78, 5) is 14.7. The zero-order valence-corrected chi connectivity index (χ0v) is 12.1. The Labute approximate surface area is 119 Å². The molecule has 0 saturated heterocycles. The van der Waals surface area contributed by atoms with Gasteiger partial charge in [0.25, 0.3) is 5.91 Å². The molecule has 5 heteroatoms. The number of carbonyl (C=O) groups is 1. The molecule has 0 aromatic carbocycles. The lowest BCUT2D eigenvalue weighted by Gasteiger charge is -2.30. The van der Waals surface area contributed by atoms with Crippen molar-refractivity contribution in [2.45, 2.75) is 32.7 Å². The fraction of sp³-hybridized carbons (Fsp3) is 0.467. The fourth-order valence-electron chi connectivity index (χ4n) is 2.57. The van der Waals surface area contributed by atoms with Crippen molar-refractivity contribution in [1.29, 1.82) is 0 Å². The average Bonchev–Trinajstić information content (AvgIpc) is 2.91. The topological polar surface area (TPSA) is 63.6 Å². The predicted octanol–water partition coefficient (Wildman–Crippen LogP) is 1.92. The second kappa shape index (κ2) is 6.52. The zero-order valence-electron chi connectivity index (χ0n) is 12.1. The highest BCUT2D eigenvalue weighted by molar-refractivity contribution is 6.00. The number of hydrogen-bond acceptors (Lipinski definition) is 3. The molecule has 0 saturated carbocycles. The van der Waals surface area contributed by atoms with E-state index in [1.807, 2.05) is 29.3 Å². The molecule has 0 radical (unpaired) electrons. The fourth-order valence-corrected chi connectivity index (χ4v) is 2.57. The van der Waals surface area contributed by atoms with Gasteiger partial charge in [0.05, 0.1) is 17.3 Å². The molecule has 2 aromatic heterocycles. The van der Waals surface area contributed by atoms with Crippen molar-refractivity contribution < 1.29 is 4.79 Å². The molecule has 108 valence electrons. The lowest BCUT2D eigenvalue weighted by atomic mass is 10.1. The Hall–Kier alpha value is -1.88. The molecule has 0 aliphatic carbocycles. The Morgan fingerprint density at radius 3 is 2.80 bits per heavy atom. The maximum atomic E-state index is 12.8. The molecule has 0 bridgehead atoms. The molecule has 2 N–H and O–H groups in total. The van der Waals surface area contributed by atoms with E-state index in [1.165, 1.54) is 0 Å². The largest absolute Gasteiger partial charge is 0.334 e. The standard InChI is InChI=1S/C15H22N4O/c1-3-12(4-2)18(10-8-16)15(20)13-11-17-19-9-6-5-7-14(13)19/h5-7,9,11-12H,3-4,8,10,16H2,1-2H3. The summed E-state index contributed by atoms with van der Waals surface area (Å²) in [5.41, 5.74) is 7.15. The quantitative estimate of drug-likeness (QED) is 0.875. The molecule has 0 aliphatic heterocycles. The van der Waals surface area contributed by atoms with Crippen LogP contribution in [0.15, 0.2) is 30.6 Å². The maximum Gasteiger partial charge on any atom is 0.257 e. The normalized spacial score (nSPS) is 11.2. The molecular weight excluding hydrogens is 252 g/mol. The third-order valence-corrected chi connectivity index (χ3v) is 3.67. The average molecular weight is 274 g/mol. The monoisotopic (exact) mass is 274 g/mol. The molecule has 0 spiro atoms. The highest BCUT2D eigenvalue weighted by Crippen LogP contribution is 2.17. The Kier molecular flexibility index (Phi) is 4.74. The zero-order chi connectivity index (χ0) is 14.5. The number of aromatic nitrogens is 2. The van der Waals surface area contributed by atoms with E-state index in [-0.39, 0.29) is 11.9 Å². The first-order chi connectivity index (χ1) is 9.72. The van der Waals surface area contributed by atoms with Crippen molar-refractivity contribution in [2.75, 3.05) is 13.1 Å². The molecule has 2 rings (SSSR count). The van der Waals surface area contributed by atoms with E-state index in [0.717, 1.165) is 18.4 Å². The SMILES string of the molecule is CCC(CC)N(CCN)C(=O)c1cnn2ccccc12.